The van der Waals surface area contributed by atoms with Crippen molar-refractivity contribution in [1.82, 2.24) is 0 Å². The van der Waals surface area contributed by atoms with Crippen LogP contribution < -0.4 is 4.90 Å². The maximum absolute atomic E-state index is 2.50. The Balaban J connectivity index is 1.01. The van der Waals surface area contributed by atoms with Crippen LogP contribution in [-0.4, -0.2) is 0 Å². The van der Waals surface area contributed by atoms with Gasteiger partial charge in [0.15, 0.2) is 0 Å². The number of nitrogens with zero attached hydrogens (tertiary/aromatic N) is 1. The Kier molecular flexibility index (Phi) is 9.26. The molecular formula is C71H53N. The van der Waals surface area contributed by atoms with E-state index in [9.17, 15) is 0 Å². The summed E-state index contributed by atoms with van der Waals surface area (Å²) in [6.07, 6.45) is 0. The maximum atomic E-state index is 2.50. The molecule has 0 atom stereocenters. The third-order valence-electron chi connectivity index (χ3n) is 16.7. The number of fused-ring (bicyclic) bond motifs is 11. The Bertz CT molecular complexity index is 3910. The van der Waals surface area contributed by atoms with Gasteiger partial charge in [0.25, 0.3) is 0 Å². The first-order valence-electron chi connectivity index (χ1n) is 25.5. The molecule has 0 amide bonds. The Morgan fingerprint density at radius 1 is 0.278 bits per heavy atom. The third-order valence-corrected chi connectivity index (χ3v) is 16.7. The second-order valence-corrected chi connectivity index (χ2v) is 21.1. The summed E-state index contributed by atoms with van der Waals surface area (Å²) in [5.74, 6) is 0. The number of hydrogen-bond donors (Lipinski definition) is 0. The van der Waals surface area contributed by atoms with E-state index in [-0.39, 0.29) is 10.8 Å². The van der Waals surface area contributed by atoms with Crippen molar-refractivity contribution in [3.63, 3.8) is 0 Å². The normalized spacial score (nSPS) is 14.7. The summed E-state index contributed by atoms with van der Waals surface area (Å²) < 4.78 is 0. The fourth-order valence-corrected chi connectivity index (χ4v) is 13.6. The molecule has 14 rings (SSSR count). The number of anilines is 3. The first kappa shape index (κ1) is 42.4. The van der Waals surface area contributed by atoms with Crippen LogP contribution in [0.4, 0.5) is 17.1 Å². The van der Waals surface area contributed by atoms with Crippen molar-refractivity contribution in [1.29, 1.82) is 0 Å². The molecule has 0 heterocycles. The van der Waals surface area contributed by atoms with Gasteiger partial charge in [-0.15, -0.1) is 0 Å². The fourth-order valence-electron chi connectivity index (χ4n) is 13.6. The average molecular weight is 920 g/mol. The zero-order valence-corrected chi connectivity index (χ0v) is 41.1. The molecule has 11 aromatic rings. The Morgan fingerprint density at radius 3 is 1.33 bits per heavy atom. The molecule has 0 N–H and O–H groups in total. The van der Waals surface area contributed by atoms with E-state index in [4.69, 9.17) is 0 Å². The molecule has 1 heteroatoms. The fraction of sp³-hybridized carbons (Fsp3) is 0.0986. The summed E-state index contributed by atoms with van der Waals surface area (Å²) in [5, 5.41) is 2.59. The topological polar surface area (TPSA) is 3.24 Å². The maximum Gasteiger partial charge on any atom is 0.0714 e. The third kappa shape index (κ3) is 5.89. The molecule has 0 aromatic heterocycles. The predicted molar refractivity (Wildman–Crippen MR) is 302 cm³/mol. The molecule has 0 saturated carbocycles. The van der Waals surface area contributed by atoms with Gasteiger partial charge in [-0.05, 0) is 147 Å². The van der Waals surface area contributed by atoms with E-state index in [1.165, 1.54) is 111 Å². The van der Waals surface area contributed by atoms with Crippen LogP contribution in [0.2, 0.25) is 0 Å². The number of benzene rings is 11. The standard InChI is InChI=1S/C71H53N/c1-69(2)60-33-19-16-28-53(60)55-42-40-51(44-63(55)69)72(52-41-43-56-54-29-17-21-35-62(54)71(64(56)45-52,48-24-10-6-11-25-48)49-26-12-7-13-27-49)50-38-36-47(37-39-50)65-57-30-14-15-31-58(57)68-67(66(65)46-22-8-5-9-23-46)59-32-18-20-34-61(59)70(68,3)4/h5-45H,1-4H3. The van der Waals surface area contributed by atoms with Crippen LogP contribution in [0.1, 0.15) is 72.2 Å². The van der Waals surface area contributed by atoms with Gasteiger partial charge in [0.1, 0.15) is 0 Å². The molecule has 11 aromatic carbocycles. The molecule has 0 bridgehead atoms. The van der Waals surface area contributed by atoms with Gasteiger partial charge in [0, 0.05) is 27.9 Å². The second-order valence-electron chi connectivity index (χ2n) is 21.1. The van der Waals surface area contributed by atoms with Crippen molar-refractivity contribution < 1.29 is 0 Å². The van der Waals surface area contributed by atoms with E-state index >= 15 is 0 Å². The minimum Gasteiger partial charge on any atom is -0.310 e. The lowest BCUT2D eigenvalue weighted by atomic mass is 9.67. The van der Waals surface area contributed by atoms with Crippen LogP contribution in [0, 0.1) is 0 Å². The minimum absolute atomic E-state index is 0.164. The lowest BCUT2D eigenvalue weighted by Gasteiger charge is -2.35. The first-order chi connectivity index (χ1) is 35.3. The van der Waals surface area contributed by atoms with Gasteiger partial charge in [-0.2, -0.15) is 0 Å². The van der Waals surface area contributed by atoms with E-state index in [0.29, 0.717) is 0 Å². The molecule has 342 valence electrons. The predicted octanol–water partition coefficient (Wildman–Crippen LogP) is 18.6. The van der Waals surface area contributed by atoms with Crippen LogP contribution in [0.25, 0.3) is 66.4 Å². The second kappa shape index (κ2) is 15.7. The average Bonchev–Trinajstić information content (AvgIpc) is 3.96. The highest BCUT2D eigenvalue weighted by Crippen LogP contribution is 2.60. The van der Waals surface area contributed by atoms with Crippen molar-refractivity contribution >= 4 is 27.8 Å². The van der Waals surface area contributed by atoms with Gasteiger partial charge in [-0.1, -0.05) is 240 Å². The molecule has 72 heavy (non-hydrogen) atoms. The van der Waals surface area contributed by atoms with Gasteiger partial charge in [0.05, 0.1) is 5.41 Å². The highest BCUT2D eigenvalue weighted by Gasteiger charge is 2.47. The largest absolute Gasteiger partial charge is 0.310 e. The van der Waals surface area contributed by atoms with Gasteiger partial charge in [0.2, 0.25) is 0 Å². The smallest absolute Gasteiger partial charge is 0.0714 e. The molecule has 0 radical (unpaired) electrons. The Labute approximate surface area is 423 Å². The van der Waals surface area contributed by atoms with Crippen molar-refractivity contribution in [2.24, 2.45) is 0 Å². The lowest BCUT2D eigenvalue weighted by molar-refractivity contribution is 0.660. The van der Waals surface area contributed by atoms with Gasteiger partial charge in [-0.3, -0.25) is 0 Å². The number of rotatable bonds is 7. The molecule has 0 spiro atoms. The molecular weight excluding hydrogens is 867 g/mol. The summed E-state index contributed by atoms with van der Waals surface area (Å²) in [7, 11) is 0. The van der Waals surface area contributed by atoms with Crippen LogP contribution in [0.15, 0.2) is 249 Å². The first-order valence-corrected chi connectivity index (χ1v) is 25.5. The van der Waals surface area contributed by atoms with Crippen LogP contribution in [-0.2, 0) is 16.2 Å². The highest BCUT2D eigenvalue weighted by atomic mass is 15.1. The molecule has 3 aliphatic rings. The molecule has 0 fully saturated rings. The van der Waals surface area contributed by atoms with Crippen LogP contribution in [0.5, 0.6) is 0 Å². The molecule has 0 aliphatic heterocycles. The minimum atomic E-state index is -0.531. The molecule has 1 nitrogen and oxygen atoms in total. The highest BCUT2D eigenvalue weighted by molar-refractivity contribution is 6.14. The summed E-state index contributed by atoms with van der Waals surface area (Å²) in [6.45, 7) is 9.57. The van der Waals surface area contributed by atoms with Gasteiger partial charge >= 0.3 is 0 Å². The van der Waals surface area contributed by atoms with Crippen LogP contribution >= 0.6 is 0 Å². The Morgan fingerprint density at radius 2 is 0.708 bits per heavy atom. The van der Waals surface area contributed by atoms with Crippen molar-refractivity contribution in [2.75, 3.05) is 4.90 Å². The van der Waals surface area contributed by atoms with E-state index in [1.807, 2.05) is 0 Å². The van der Waals surface area contributed by atoms with Crippen LogP contribution in [0.3, 0.4) is 0 Å². The van der Waals surface area contributed by atoms with Crippen molar-refractivity contribution in [2.45, 2.75) is 43.9 Å². The van der Waals surface area contributed by atoms with E-state index in [1.54, 1.807) is 0 Å². The summed E-state index contributed by atoms with van der Waals surface area (Å²) in [6, 6.07) is 93.4. The Hall–Kier alpha value is -8.52. The van der Waals surface area contributed by atoms with Crippen molar-refractivity contribution in [3.05, 3.63) is 293 Å². The van der Waals surface area contributed by atoms with Crippen molar-refractivity contribution in [3.8, 4) is 55.6 Å². The monoisotopic (exact) mass is 919 g/mol. The lowest BCUT2D eigenvalue weighted by Crippen LogP contribution is -2.28. The van der Waals surface area contributed by atoms with E-state index in [0.717, 1.165) is 17.1 Å². The zero-order chi connectivity index (χ0) is 48.3. The zero-order valence-electron chi connectivity index (χ0n) is 41.1. The molecule has 0 saturated heterocycles. The quantitative estimate of drug-likeness (QED) is 0.154. The van der Waals surface area contributed by atoms with Gasteiger partial charge < -0.3 is 4.90 Å². The summed E-state index contributed by atoms with van der Waals surface area (Å²) >= 11 is 0. The van der Waals surface area contributed by atoms with E-state index in [2.05, 4.69) is 281 Å². The van der Waals surface area contributed by atoms with E-state index < -0.39 is 5.41 Å². The summed E-state index contributed by atoms with van der Waals surface area (Å²) in [5.41, 5.74) is 26.0. The number of hydrogen-bond acceptors (Lipinski definition) is 1. The summed E-state index contributed by atoms with van der Waals surface area (Å²) in [4.78, 5) is 2.50. The molecule has 3 aliphatic carbocycles. The SMILES string of the molecule is CC1(C)c2ccccc2-c2ccc(N(c3ccc(-c4c(-c5ccccc5)c5c(c6ccccc46)C(C)(C)c4ccccc4-5)cc3)c3ccc4c(c3)C(c3ccccc3)(c3ccccc3)c3ccccc3-4)cc21. The van der Waals surface area contributed by atoms with Gasteiger partial charge in [-0.25, -0.2) is 0 Å². The molecule has 0 unspecified atom stereocenters.